The SMILES string of the molecule is CC(C)NC(=O)N1CCn2cccc2[C@H]1c1ccc([N+](=O)[O-])cc1. The number of amides is 2. The van der Waals surface area contributed by atoms with E-state index in [-0.39, 0.29) is 23.8 Å². The van der Waals surface area contributed by atoms with Gasteiger partial charge in [-0.3, -0.25) is 10.1 Å². The molecule has 0 radical (unpaired) electrons. The van der Waals surface area contributed by atoms with Crippen LogP contribution in [-0.4, -0.2) is 33.0 Å². The van der Waals surface area contributed by atoms with Crippen LogP contribution in [0, 0.1) is 10.1 Å². The van der Waals surface area contributed by atoms with E-state index in [9.17, 15) is 14.9 Å². The summed E-state index contributed by atoms with van der Waals surface area (Å²) in [6.45, 7) is 5.16. The van der Waals surface area contributed by atoms with Crippen LogP contribution in [-0.2, 0) is 6.54 Å². The van der Waals surface area contributed by atoms with E-state index < -0.39 is 4.92 Å². The summed E-state index contributed by atoms with van der Waals surface area (Å²) in [4.78, 5) is 24.8. The maximum atomic E-state index is 12.6. The Morgan fingerprint density at radius 1 is 1.25 bits per heavy atom. The number of benzene rings is 1. The first-order valence-corrected chi connectivity index (χ1v) is 7.94. The highest BCUT2D eigenvalue weighted by Gasteiger charge is 2.32. The van der Waals surface area contributed by atoms with Gasteiger partial charge in [0.05, 0.1) is 11.0 Å². The lowest BCUT2D eigenvalue weighted by Gasteiger charge is -2.37. The van der Waals surface area contributed by atoms with E-state index in [4.69, 9.17) is 0 Å². The van der Waals surface area contributed by atoms with Gasteiger partial charge in [-0.1, -0.05) is 0 Å². The van der Waals surface area contributed by atoms with Crippen molar-refractivity contribution < 1.29 is 9.72 Å². The summed E-state index contributed by atoms with van der Waals surface area (Å²) < 4.78 is 2.12. The molecule has 0 aliphatic carbocycles. The molecule has 7 heteroatoms. The zero-order valence-electron chi connectivity index (χ0n) is 13.7. The predicted molar refractivity (Wildman–Crippen MR) is 89.7 cm³/mol. The summed E-state index contributed by atoms with van der Waals surface area (Å²) in [5, 5.41) is 13.8. The molecule has 1 atom stereocenters. The van der Waals surface area contributed by atoms with Gasteiger partial charge in [0.15, 0.2) is 0 Å². The number of urea groups is 1. The zero-order chi connectivity index (χ0) is 17.3. The molecule has 126 valence electrons. The molecule has 1 aliphatic heterocycles. The monoisotopic (exact) mass is 328 g/mol. The van der Waals surface area contributed by atoms with Gasteiger partial charge in [0.25, 0.3) is 5.69 Å². The van der Waals surface area contributed by atoms with Crippen LogP contribution in [0.4, 0.5) is 10.5 Å². The minimum atomic E-state index is -0.420. The lowest BCUT2D eigenvalue weighted by Crippen LogP contribution is -2.48. The second kappa shape index (κ2) is 6.35. The second-order valence-corrected chi connectivity index (χ2v) is 6.18. The number of rotatable bonds is 3. The summed E-state index contributed by atoms with van der Waals surface area (Å²) in [6.07, 6.45) is 1.99. The maximum absolute atomic E-state index is 12.6. The van der Waals surface area contributed by atoms with Crippen molar-refractivity contribution in [1.82, 2.24) is 14.8 Å². The van der Waals surface area contributed by atoms with Gasteiger partial charge in [-0.2, -0.15) is 0 Å². The van der Waals surface area contributed by atoms with Crippen molar-refractivity contribution in [2.45, 2.75) is 32.5 Å². The van der Waals surface area contributed by atoms with E-state index in [0.29, 0.717) is 6.54 Å². The van der Waals surface area contributed by atoms with Crippen LogP contribution in [0.3, 0.4) is 0 Å². The number of hydrogen-bond donors (Lipinski definition) is 1. The van der Waals surface area contributed by atoms with Crippen LogP contribution >= 0.6 is 0 Å². The molecule has 2 amide bonds. The Balaban J connectivity index is 1.98. The fourth-order valence-electron chi connectivity index (χ4n) is 3.06. The molecule has 1 aliphatic rings. The van der Waals surface area contributed by atoms with E-state index in [1.807, 2.05) is 32.2 Å². The van der Waals surface area contributed by atoms with Gasteiger partial charge < -0.3 is 14.8 Å². The van der Waals surface area contributed by atoms with E-state index in [0.717, 1.165) is 17.8 Å². The Labute approximate surface area is 140 Å². The van der Waals surface area contributed by atoms with Gasteiger partial charge in [0, 0.05) is 43.2 Å². The number of aromatic nitrogens is 1. The molecule has 2 heterocycles. The van der Waals surface area contributed by atoms with Gasteiger partial charge >= 0.3 is 6.03 Å². The highest BCUT2D eigenvalue weighted by molar-refractivity contribution is 5.75. The third-order valence-electron chi connectivity index (χ3n) is 4.13. The van der Waals surface area contributed by atoms with Crippen molar-refractivity contribution in [2.75, 3.05) is 6.54 Å². The number of carbonyl (C=O) groups is 1. The van der Waals surface area contributed by atoms with Crippen molar-refractivity contribution >= 4 is 11.7 Å². The number of nitrogens with zero attached hydrogens (tertiary/aromatic N) is 3. The quantitative estimate of drug-likeness (QED) is 0.695. The van der Waals surface area contributed by atoms with Crippen LogP contribution in [0.5, 0.6) is 0 Å². The number of nitrogens with one attached hydrogen (secondary N) is 1. The molecular formula is C17H20N4O3. The molecule has 24 heavy (non-hydrogen) atoms. The lowest BCUT2D eigenvalue weighted by molar-refractivity contribution is -0.384. The van der Waals surface area contributed by atoms with E-state index in [1.54, 1.807) is 17.0 Å². The van der Waals surface area contributed by atoms with E-state index in [2.05, 4.69) is 9.88 Å². The van der Waals surface area contributed by atoms with Crippen LogP contribution in [0.2, 0.25) is 0 Å². The zero-order valence-corrected chi connectivity index (χ0v) is 13.7. The van der Waals surface area contributed by atoms with Crippen molar-refractivity contribution in [3.63, 3.8) is 0 Å². The molecule has 1 aromatic carbocycles. The Morgan fingerprint density at radius 3 is 2.58 bits per heavy atom. The number of carbonyl (C=O) groups excluding carboxylic acids is 1. The molecule has 0 saturated heterocycles. The third kappa shape index (κ3) is 2.97. The molecule has 0 spiro atoms. The fourth-order valence-corrected chi connectivity index (χ4v) is 3.06. The Morgan fingerprint density at radius 2 is 1.96 bits per heavy atom. The average molecular weight is 328 g/mol. The van der Waals surface area contributed by atoms with Crippen molar-refractivity contribution in [3.8, 4) is 0 Å². The van der Waals surface area contributed by atoms with Gasteiger partial charge in [-0.15, -0.1) is 0 Å². The summed E-state index contributed by atoms with van der Waals surface area (Å²) >= 11 is 0. The summed E-state index contributed by atoms with van der Waals surface area (Å²) in [5.41, 5.74) is 1.91. The Hall–Kier alpha value is -2.83. The molecule has 7 nitrogen and oxygen atoms in total. The number of fused-ring (bicyclic) bond motifs is 1. The molecule has 0 unspecified atom stereocenters. The third-order valence-corrected chi connectivity index (χ3v) is 4.13. The van der Waals surface area contributed by atoms with Gasteiger partial charge in [-0.25, -0.2) is 4.79 Å². The van der Waals surface area contributed by atoms with E-state index >= 15 is 0 Å². The normalized spacial score (nSPS) is 16.8. The van der Waals surface area contributed by atoms with Crippen molar-refractivity contribution in [3.05, 3.63) is 64.0 Å². The molecular weight excluding hydrogens is 308 g/mol. The predicted octanol–water partition coefficient (Wildman–Crippen LogP) is 2.92. The number of nitro benzene ring substituents is 1. The molecule has 0 bridgehead atoms. The summed E-state index contributed by atoms with van der Waals surface area (Å²) in [7, 11) is 0. The van der Waals surface area contributed by atoms with Crippen LogP contribution in [0.1, 0.15) is 31.1 Å². The topological polar surface area (TPSA) is 80.4 Å². The molecule has 2 aromatic rings. The number of non-ortho nitro benzene ring substituents is 1. The minimum absolute atomic E-state index is 0.0446. The Kier molecular flexibility index (Phi) is 4.24. The standard InChI is InChI=1S/C17H20N4O3/c1-12(2)18-17(22)20-11-10-19-9-3-4-15(19)16(20)13-5-7-14(8-6-13)21(23)24/h3-9,12,16H,10-11H2,1-2H3,(H,18,22)/t16-/m1/s1. The van der Waals surface area contributed by atoms with Crippen LogP contribution < -0.4 is 5.32 Å². The first-order valence-electron chi connectivity index (χ1n) is 7.94. The molecule has 1 aromatic heterocycles. The van der Waals surface area contributed by atoms with Crippen LogP contribution in [0.25, 0.3) is 0 Å². The van der Waals surface area contributed by atoms with E-state index in [1.165, 1.54) is 12.1 Å². The van der Waals surface area contributed by atoms with Gasteiger partial charge in [-0.05, 0) is 43.7 Å². The second-order valence-electron chi connectivity index (χ2n) is 6.18. The fraction of sp³-hybridized carbons (Fsp3) is 0.353. The number of nitro groups is 1. The average Bonchev–Trinajstić information content (AvgIpc) is 3.01. The molecule has 0 fully saturated rings. The van der Waals surface area contributed by atoms with Gasteiger partial charge in [0.2, 0.25) is 0 Å². The molecule has 3 rings (SSSR count). The number of hydrogen-bond acceptors (Lipinski definition) is 3. The first-order chi connectivity index (χ1) is 11.5. The van der Waals surface area contributed by atoms with Crippen molar-refractivity contribution in [1.29, 1.82) is 0 Å². The summed E-state index contributed by atoms with van der Waals surface area (Å²) in [5.74, 6) is 0. The van der Waals surface area contributed by atoms with Gasteiger partial charge in [0.1, 0.15) is 0 Å². The maximum Gasteiger partial charge on any atom is 0.318 e. The first kappa shape index (κ1) is 16.0. The highest BCUT2D eigenvalue weighted by atomic mass is 16.6. The van der Waals surface area contributed by atoms with Crippen molar-refractivity contribution in [2.24, 2.45) is 0 Å². The lowest BCUT2D eigenvalue weighted by atomic mass is 10.00. The Bertz CT molecular complexity index is 751. The summed E-state index contributed by atoms with van der Waals surface area (Å²) in [6, 6.07) is 10.0. The highest BCUT2D eigenvalue weighted by Crippen LogP contribution is 2.33. The molecule has 1 N–H and O–H groups in total. The minimum Gasteiger partial charge on any atom is -0.348 e. The smallest absolute Gasteiger partial charge is 0.318 e. The molecule has 0 saturated carbocycles. The van der Waals surface area contributed by atoms with Crippen LogP contribution in [0.15, 0.2) is 42.6 Å². The largest absolute Gasteiger partial charge is 0.348 e.